The summed E-state index contributed by atoms with van der Waals surface area (Å²) >= 11 is 0. The third-order valence-corrected chi connectivity index (χ3v) is 2.99. The Kier molecular flexibility index (Phi) is 3.82. The van der Waals surface area contributed by atoms with Crippen molar-refractivity contribution in [2.45, 2.75) is 12.7 Å². The number of carbonyl (C=O) groups is 1. The Morgan fingerprint density at radius 3 is 2.50 bits per heavy atom. The highest BCUT2D eigenvalue weighted by atomic mass is 19.4. The molecule has 0 saturated heterocycles. The summed E-state index contributed by atoms with van der Waals surface area (Å²) in [5.41, 5.74) is 2.31. The lowest BCUT2D eigenvalue weighted by Gasteiger charge is -2.18. The molecule has 0 aliphatic heterocycles. The normalized spacial score (nSPS) is 11.7. The molecule has 1 heterocycles. The first-order chi connectivity index (χ1) is 10.2. The first-order valence-corrected chi connectivity index (χ1v) is 5.93. The van der Waals surface area contributed by atoms with Crippen molar-refractivity contribution in [3.05, 3.63) is 39.9 Å². The molecule has 22 heavy (non-hydrogen) atoms. The van der Waals surface area contributed by atoms with Crippen LogP contribution in [0.4, 0.5) is 17.6 Å². The van der Waals surface area contributed by atoms with E-state index in [-0.39, 0.29) is 15.7 Å². The van der Waals surface area contributed by atoms with E-state index in [4.69, 9.17) is 10.5 Å². The zero-order valence-corrected chi connectivity index (χ0v) is 11.2. The molecule has 1 aromatic heterocycles. The predicted molar refractivity (Wildman–Crippen MR) is 69.3 cm³/mol. The van der Waals surface area contributed by atoms with Crippen LogP contribution in [0.2, 0.25) is 0 Å². The maximum absolute atomic E-state index is 14.3. The third-order valence-electron chi connectivity index (χ3n) is 2.99. The maximum atomic E-state index is 14.3. The molecule has 0 fully saturated rings. The Balaban J connectivity index is 3.01. The van der Waals surface area contributed by atoms with Gasteiger partial charge in [0, 0.05) is 0 Å². The van der Waals surface area contributed by atoms with Gasteiger partial charge in [-0.25, -0.2) is 0 Å². The van der Waals surface area contributed by atoms with E-state index in [1.54, 1.807) is 0 Å². The number of amides is 1. The van der Waals surface area contributed by atoms with Crippen LogP contribution in [0.25, 0.3) is 10.9 Å². The number of hydrogen-bond donors (Lipinski definition) is 1. The summed E-state index contributed by atoms with van der Waals surface area (Å²) in [6.45, 7) is -1.74. The molecule has 0 radical (unpaired) electrons. The minimum absolute atomic E-state index is 0.131. The second-order valence-electron chi connectivity index (χ2n) is 4.42. The van der Waals surface area contributed by atoms with Gasteiger partial charge in [-0.3, -0.25) is 9.59 Å². The number of para-hydroxylation sites is 1. The number of nitrogens with two attached hydrogens (primary N) is 1. The summed E-state index contributed by atoms with van der Waals surface area (Å²) in [6, 6.07) is 3.78. The number of ether oxygens (including phenoxy) is 1. The predicted octanol–water partition coefficient (Wildman–Crippen LogP) is 1.81. The van der Waals surface area contributed by atoms with Crippen LogP contribution in [0, 0.1) is 5.95 Å². The number of nitrogens with zero attached hydrogens (tertiary/aromatic N) is 1. The van der Waals surface area contributed by atoms with Crippen LogP contribution in [-0.2, 0) is 6.54 Å². The van der Waals surface area contributed by atoms with Crippen molar-refractivity contribution in [3.8, 4) is 5.75 Å². The fourth-order valence-corrected chi connectivity index (χ4v) is 2.15. The topological polar surface area (TPSA) is 74.3 Å². The second-order valence-corrected chi connectivity index (χ2v) is 4.42. The van der Waals surface area contributed by atoms with Gasteiger partial charge in [0.25, 0.3) is 5.91 Å². The van der Waals surface area contributed by atoms with E-state index in [0.717, 1.165) is 7.11 Å². The van der Waals surface area contributed by atoms with Gasteiger partial charge in [-0.15, -0.1) is 0 Å². The van der Waals surface area contributed by atoms with E-state index in [1.165, 1.54) is 18.2 Å². The molecule has 9 heteroatoms. The number of aromatic nitrogens is 1. The molecule has 2 aromatic rings. The summed E-state index contributed by atoms with van der Waals surface area (Å²) < 4.78 is 57.4. The first-order valence-electron chi connectivity index (χ1n) is 5.93. The molecule has 0 saturated carbocycles. The van der Waals surface area contributed by atoms with Crippen molar-refractivity contribution in [2.24, 2.45) is 5.73 Å². The van der Waals surface area contributed by atoms with Crippen LogP contribution in [0.1, 0.15) is 10.4 Å². The molecule has 2 rings (SSSR count). The lowest BCUT2D eigenvalue weighted by Crippen LogP contribution is -2.30. The Labute approximate surface area is 120 Å². The first kappa shape index (κ1) is 15.8. The number of fused-ring (bicyclic) bond motifs is 1. The zero-order chi connectivity index (χ0) is 16.7. The maximum Gasteiger partial charge on any atom is 0.406 e. The van der Waals surface area contributed by atoms with Crippen LogP contribution >= 0.6 is 0 Å². The van der Waals surface area contributed by atoms with Gasteiger partial charge in [0.1, 0.15) is 17.9 Å². The molecule has 1 aromatic carbocycles. The van der Waals surface area contributed by atoms with Crippen molar-refractivity contribution in [1.29, 1.82) is 0 Å². The number of benzene rings is 1. The number of methoxy groups -OCH3 is 1. The monoisotopic (exact) mass is 318 g/mol. The van der Waals surface area contributed by atoms with Crippen molar-refractivity contribution < 1.29 is 27.1 Å². The second kappa shape index (κ2) is 5.32. The van der Waals surface area contributed by atoms with Crippen LogP contribution in [-0.4, -0.2) is 23.8 Å². The average molecular weight is 318 g/mol. The lowest BCUT2D eigenvalue weighted by atomic mass is 10.1. The van der Waals surface area contributed by atoms with Gasteiger partial charge in [-0.2, -0.15) is 17.6 Å². The average Bonchev–Trinajstić information content (AvgIpc) is 2.41. The van der Waals surface area contributed by atoms with E-state index in [2.05, 4.69) is 0 Å². The highest BCUT2D eigenvalue weighted by molar-refractivity contribution is 5.97. The van der Waals surface area contributed by atoms with Crippen LogP contribution in [0.3, 0.4) is 0 Å². The van der Waals surface area contributed by atoms with Crippen molar-refractivity contribution in [3.63, 3.8) is 0 Å². The molecular formula is C13H10F4N2O3. The van der Waals surface area contributed by atoms with E-state index < -0.39 is 41.1 Å². The largest absolute Gasteiger partial charge is 0.495 e. The number of halogens is 4. The summed E-state index contributed by atoms with van der Waals surface area (Å²) in [5.74, 6) is -3.22. The summed E-state index contributed by atoms with van der Waals surface area (Å²) in [5, 5.41) is -0.293. The smallest absolute Gasteiger partial charge is 0.406 e. The molecule has 0 atom stereocenters. The summed E-state index contributed by atoms with van der Waals surface area (Å²) in [4.78, 5) is 23.3. The van der Waals surface area contributed by atoms with Crippen LogP contribution in [0.15, 0.2) is 23.0 Å². The zero-order valence-electron chi connectivity index (χ0n) is 11.2. The molecule has 0 unspecified atom stereocenters. The van der Waals surface area contributed by atoms with Crippen molar-refractivity contribution in [1.82, 2.24) is 4.57 Å². The van der Waals surface area contributed by atoms with E-state index in [1.807, 2.05) is 0 Å². The van der Waals surface area contributed by atoms with Gasteiger partial charge in [0.15, 0.2) is 0 Å². The lowest BCUT2D eigenvalue weighted by molar-refractivity contribution is -0.141. The minimum Gasteiger partial charge on any atom is -0.495 e. The Morgan fingerprint density at radius 1 is 1.36 bits per heavy atom. The summed E-state index contributed by atoms with van der Waals surface area (Å²) in [6.07, 6.45) is -4.78. The molecule has 0 aliphatic rings. The van der Waals surface area contributed by atoms with E-state index >= 15 is 0 Å². The number of hydrogen-bond acceptors (Lipinski definition) is 3. The van der Waals surface area contributed by atoms with Gasteiger partial charge in [-0.05, 0) is 12.1 Å². The van der Waals surface area contributed by atoms with Gasteiger partial charge < -0.3 is 15.0 Å². The van der Waals surface area contributed by atoms with Crippen LogP contribution in [0.5, 0.6) is 5.75 Å². The van der Waals surface area contributed by atoms with Gasteiger partial charge in [0.2, 0.25) is 11.4 Å². The minimum atomic E-state index is -4.78. The Bertz CT molecular complexity index is 812. The molecule has 0 spiro atoms. The Morgan fingerprint density at radius 2 is 2.00 bits per heavy atom. The number of alkyl halides is 3. The third kappa shape index (κ3) is 2.61. The number of pyridine rings is 1. The molecule has 0 bridgehead atoms. The summed E-state index contributed by atoms with van der Waals surface area (Å²) in [7, 11) is 1.16. The van der Waals surface area contributed by atoms with Crippen molar-refractivity contribution >= 4 is 16.8 Å². The Hall–Kier alpha value is -2.58. The molecule has 2 N–H and O–H groups in total. The van der Waals surface area contributed by atoms with Crippen molar-refractivity contribution in [2.75, 3.05) is 7.11 Å². The number of carbonyl (C=O) groups excluding carboxylic acids is 1. The number of rotatable bonds is 3. The fourth-order valence-electron chi connectivity index (χ4n) is 2.15. The quantitative estimate of drug-likeness (QED) is 0.693. The van der Waals surface area contributed by atoms with Crippen LogP contribution < -0.4 is 15.9 Å². The molecule has 1 amide bonds. The van der Waals surface area contributed by atoms with E-state index in [0.29, 0.717) is 0 Å². The molecule has 5 nitrogen and oxygen atoms in total. The van der Waals surface area contributed by atoms with Gasteiger partial charge in [0.05, 0.1) is 18.0 Å². The highest BCUT2D eigenvalue weighted by Gasteiger charge is 2.32. The number of primary amides is 1. The fraction of sp³-hybridized carbons (Fsp3) is 0.231. The van der Waals surface area contributed by atoms with Gasteiger partial charge in [-0.1, -0.05) is 6.07 Å². The molecule has 0 aliphatic carbocycles. The van der Waals surface area contributed by atoms with E-state index in [9.17, 15) is 27.2 Å². The molecule has 118 valence electrons. The molecular weight excluding hydrogens is 308 g/mol. The highest BCUT2D eigenvalue weighted by Crippen LogP contribution is 2.28. The SMILES string of the molecule is COc1cccc2c(=O)c(C(N)=O)c(F)n(CC(F)(F)F)c12. The van der Waals surface area contributed by atoms with Gasteiger partial charge >= 0.3 is 6.18 Å². The standard InChI is InChI=1S/C13H10F4N2O3/c1-22-7-4-2-3-6-9(7)19(5-13(15,16)17)11(14)8(10(6)20)12(18)21/h2-4H,5H2,1H3,(H2,18,21).